The van der Waals surface area contributed by atoms with Crippen LogP contribution in [0, 0.1) is 40.6 Å². The van der Waals surface area contributed by atoms with E-state index in [4.69, 9.17) is 10.00 Å². The molecule has 0 saturated heterocycles. The van der Waals surface area contributed by atoms with Gasteiger partial charge in [-0.3, -0.25) is 0 Å². The summed E-state index contributed by atoms with van der Waals surface area (Å²) in [5, 5.41) is 8.94. The van der Waals surface area contributed by atoms with E-state index in [-0.39, 0.29) is 17.6 Å². The molecule has 0 amide bonds. The Hall–Kier alpha value is -1.85. The van der Waals surface area contributed by atoms with Gasteiger partial charge in [0.15, 0.2) is 0 Å². The number of allylic oxidation sites excluding steroid dienone is 2. The van der Waals surface area contributed by atoms with Gasteiger partial charge >= 0.3 is 0 Å². The molecule has 0 aliphatic heterocycles. The van der Waals surface area contributed by atoms with E-state index < -0.39 is 0 Å². The van der Waals surface area contributed by atoms with Crippen molar-refractivity contribution >= 4 is 6.08 Å². The third kappa shape index (κ3) is 5.11. The summed E-state index contributed by atoms with van der Waals surface area (Å²) in [6.45, 7) is 8.90. The summed E-state index contributed by atoms with van der Waals surface area (Å²) in [5.41, 5.74) is 0.215. The van der Waals surface area contributed by atoms with Crippen molar-refractivity contribution in [1.29, 1.82) is 5.26 Å². The number of hydrogen-bond acceptors (Lipinski definition) is 4. The summed E-state index contributed by atoms with van der Waals surface area (Å²) in [5.74, 6) is 1.87. The zero-order valence-electron chi connectivity index (χ0n) is 17.2. The molecule has 2 rings (SSSR count). The van der Waals surface area contributed by atoms with Gasteiger partial charge in [-0.1, -0.05) is 38.2 Å². The quantitative estimate of drug-likeness (QED) is 0.266. The highest BCUT2D eigenvalue weighted by Gasteiger charge is 2.44. The largest absolute Gasteiger partial charge is 0.424 e. The lowest BCUT2D eigenvalue weighted by Gasteiger charge is -2.48. The van der Waals surface area contributed by atoms with Crippen LogP contribution in [0.3, 0.4) is 0 Å². The fraction of sp³-hybridized carbons (Fsp3) is 0.739. The third-order valence-electron chi connectivity index (χ3n) is 7.10. The molecule has 4 heteroatoms. The first-order chi connectivity index (χ1) is 13.0. The highest BCUT2D eigenvalue weighted by Crippen LogP contribution is 2.51. The smallest absolute Gasteiger partial charge is 0.286 e. The lowest BCUT2D eigenvalue weighted by Crippen LogP contribution is -2.42. The van der Waals surface area contributed by atoms with Crippen molar-refractivity contribution in [2.75, 3.05) is 0 Å². The zero-order chi connectivity index (χ0) is 19.9. The Bertz CT molecular complexity index is 625. The fourth-order valence-electron chi connectivity index (χ4n) is 5.40. The zero-order valence-corrected chi connectivity index (χ0v) is 17.2. The van der Waals surface area contributed by atoms with Crippen LogP contribution in [0.1, 0.15) is 66.2 Å². The standard InChI is InChI=1S/C23H34N2O2/c1-5-7-17-13-19(9-11-21(17)25-16-26)23(3,4)20-10-12-22(27-15-24)18(14-20)8-6-2/h5-8,17-22H,9-14H2,1-4H3/b7-5+,8-6+. The van der Waals surface area contributed by atoms with Crippen LogP contribution in [0.2, 0.25) is 0 Å². The minimum Gasteiger partial charge on any atom is -0.424 e. The summed E-state index contributed by atoms with van der Waals surface area (Å²) in [6.07, 6.45) is 18.6. The molecule has 2 saturated carbocycles. The number of rotatable bonds is 6. The van der Waals surface area contributed by atoms with Gasteiger partial charge in [0.25, 0.3) is 6.26 Å². The van der Waals surface area contributed by atoms with Crippen LogP contribution < -0.4 is 0 Å². The molecule has 0 bridgehead atoms. The topological polar surface area (TPSA) is 62.4 Å². The van der Waals surface area contributed by atoms with Gasteiger partial charge in [-0.15, -0.1) is 0 Å². The van der Waals surface area contributed by atoms with Crippen LogP contribution in [-0.2, 0) is 9.53 Å². The van der Waals surface area contributed by atoms with Gasteiger partial charge in [0.2, 0.25) is 6.08 Å². The maximum Gasteiger partial charge on any atom is 0.286 e. The third-order valence-corrected chi connectivity index (χ3v) is 7.10. The molecule has 4 nitrogen and oxygen atoms in total. The molecule has 0 aromatic heterocycles. The molecule has 0 aromatic rings. The molecule has 6 unspecified atom stereocenters. The number of aliphatic imine (C=N–C) groups is 1. The van der Waals surface area contributed by atoms with Gasteiger partial charge in [0.05, 0.1) is 6.04 Å². The number of nitrogens with zero attached hydrogens (tertiary/aromatic N) is 2. The Labute approximate surface area is 164 Å². The fourth-order valence-corrected chi connectivity index (χ4v) is 5.40. The lowest BCUT2D eigenvalue weighted by atomic mass is 9.57. The van der Waals surface area contributed by atoms with Crippen molar-refractivity contribution in [3.05, 3.63) is 24.3 Å². The second-order valence-corrected chi connectivity index (χ2v) is 8.76. The molecule has 0 aromatic carbocycles. The van der Waals surface area contributed by atoms with Gasteiger partial charge in [0, 0.05) is 11.8 Å². The Balaban J connectivity index is 2.13. The van der Waals surface area contributed by atoms with Gasteiger partial charge in [-0.2, -0.15) is 5.26 Å². The Morgan fingerprint density at radius 3 is 2.19 bits per heavy atom. The Morgan fingerprint density at radius 1 is 1.00 bits per heavy atom. The normalized spacial score (nSPS) is 34.9. The predicted molar refractivity (Wildman–Crippen MR) is 107 cm³/mol. The van der Waals surface area contributed by atoms with Crippen LogP contribution in [0.4, 0.5) is 0 Å². The monoisotopic (exact) mass is 370 g/mol. The molecule has 0 radical (unpaired) electrons. The van der Waals surface area contributed by atoms with E-state index >= 15 is 0 Å². The van der Waals surface area contributed by atoms with Crippen molar-refractivity contribution in [2.24, 2.45) is 34.1 Å². The number of nitriles is 1. The molecule has 27 heavy (non-hydrogen) atoms. The van der Waals surface area contributed by atoms with E-state index in [1.54, 1.807) is 6.08 Å². The van der Waals surface area contributed by atoms with Crippen molar-refractivity contribution in [3.63, 3.8) is 0 Å². The lowest BCUT2D eigenvalue weighted by molar-refractivity contribution is -0.00627. The SMILES string of the molecule is C/C=C/C1CC(C(C)(C)C2CCC(OC#N)C(/C=C/C)C2)CCC1N=C=O. The number of isocyanates is 1. The van der Waals surface area contributed by atoms with Crippen LogP contribution in [-0.4, -0.2) is 18.2 Å². The maximum atomic E-state index is 10.8. The second kappa shape index (κ2) is 9.90. The van der Waals surface area contributed by atoms with Crippen molar-refractivity contribution in [1.82, 2.24) is 0 Å². The number of carbonyl (C=O) groups excluding carboxylic acids is 1. The first-order valence-electron chi connectivity index (χ1n) is 10.3. The first-order valence-corrected chi connectivity index (χ1v) is 10.3. The molecule has 2 fully saturated rings. The minimum absolute atomic E-state index is 0.0201. The number of hydrogen-bond donors (Lipinski definition) is 0. The maximum absolute atomic E-state index is 10.8. The van der Waals surface area contributed by atoms with Gasteiger partial charge < -0.3 is 4.74 Å². The van der Waals surface area contributed by atoms with E-state index in [0.29, 0.717) is 23.7 Å². The van der Waals surface area contributed by atoms with Crippen LogP contribution in [0.25, 0.3) is 0 Å². The number of ether oxygens (including phenoxy) is 1. The predicted octanol–water partition coefficient (Wildman–Crippen LogP) is 5.57. The Morgan fingerprint density at radius 2 is 1.59 bits per heavy atom. The first kappa shape index (κ1) is 21.5. The summed E-state index contributed by atoms with van der Waals surface area (Å²) < 4.78 is 5.34. The van der Waals surface area contributed by atoms with Gasteiger partial charge in [-0.25, -0.2) is 9.79 Å². The van der Waals surface area contributed by atoms with E-state index in [9.17, 15) is 4.79 Å². The van der Waals surface area contributed by atoms with Gasteiger partial charge in [-0.05, 0) is 69.6 Å². The van der Waals surface area contributed by atoms with Crippen LogP contribution in [0.15, 0.2) is 29.3 Å². The molecule has 6 atom stereocenters. The van der Waals surface area contributed by atoms with E-state index in [1.165, 1.54) is 0 Å². The second-order valence-electron chi connectivity index (χ2n) is 8.76. The molecule has 2 aliphatic rings. The molecular formula is C23H34N2O2. The molecular weight excluding hydrogens is 336 g/mol. The van der Waals surface area contributed by atoms with Crippen LogP contribution >= 0.6 is 0 Å². The Kier molecular flexibility index (Phi) is 7.87. The van der Waals surface area contributed by atoms with Crippen molar-refractivity contribution in [2.45, 2.75) is 78.4 Å². The summed E-state index contributed by atoms with van der Waals surface area (Å²) in [4.78, 5) is 14.8. The molecule has 0 spiro atoms. The van der Waals surface area contributed by atoms with Crippen molar-refractivity contribution < 1.29 is 9.53 Å². The molecule has 2 aliphatic carbocycles. The van der Waals surface area contributed by atoms with E-state index in [1.807, 2.05) is 20.1 Å². The van der Waals surface area contributed by atoms with E-state index in [2.05, 4.69) is 43.1 Å². The highest BCUT2D eigenvalue weighted by atomic mass is 16.5. The summed E-state index contributed by atoms with van der Waals surface area (Å²) >= 11 is 0. The van der Waals surface area contributed by atoms with Crippen molar-refractivity contribution in [3.8, 4) is 6.26 Å². The summed E-state index contributed by atoms with van der Waals surface area (Å²) in [7, 11) is 0. The minimum atomic E-state index is 0.0201. The average molecular weight is 371 g/mol. The van der Waals surface area contributed by atoms with E-state index in [0.717, 1.165) is 38.5 Å². The average Bonchev–Trinajstić information content (AvgIpc) is 2.65. The summed E-state index contributed by atoms with van der Waals surface area (Å²) in [6, 6.07) is 0.0845. The van der Waals surface area contributed by atoms with Crippen LogP contribution in [0.5, 0.6) is 0 Å². The highest BCUT2D eigenvalue weighted by molar-refractivity contribution is 5.34. The molecule has 0 N–H and O–H groups in total. The van der Waals surface area contributed by atoms with Gasteiger partial charge in [0.1, 0.15) is 6.10 Å². The molecule has 148 valence electrons. The molecule has 0 heterocycles.